The number of esters is 1. The fraction of sp³-hybridized carbons (Fsp3) is 0.273. The van der Waals surface area contributed by atoms with Crippen LogP contribution in [0.15, 0.2) is 41.2 Å². The van der Waals surface area contributed by atoms with Crippen LogP contribution < -0.4 is 15.0 Å². The number of hydrogen-bond acceptors (Lipinski definition) is 7. The predicted octanol–water partition coefficient (Wildman–Crippen LogP) is 3.04. The van der Waals surface area contributed by atoms with Gasteiger partial charge in [-0.25, -0.2) is 0 Å². The van der Waals surface area contributed by atoms with Gasteiger partial charge in [0.05, 0.1) is 38.3 Å². The minimum Gasteiger partial charge on any atom is -0.507 e. The number of carbonyl (C=O) groups is 1. The van der Waals surface area contributed by atoms with Gasteiger partial charge in [-0.05, 0) is 36.8 Å². The van der Waals surface area contributed by atoms with E-state index in [4.69, 9.17) is 14.2 Å². The van der Waals surface area contributed by atoms with Crippen LogP contribution in [0.3, 0.4) is 0 Å². The highest BCUT2D eigenvalue weighted by Crippen LogP contribution is 2.43. The molecule has 0 radical (unpaired) electrons. The third-order valence-corrected chi connectivity index (χ3v) is 4.86. The molecule has 0 aliphatic rings. The minimum atomic E-state index is -0.874. The monoisotopic (exact) mass is 413 g/mol. The average molecular weight is 413 g/mol. The summed E-state index contributed by atoms with van der Waals surface area (Å²) < 4.78 is 15.5. The standard InChI is InChI=1S/C22H23NO7/c1-4-30-18(24)11-14(12-9-16(28-2)21(26)17(10-12)29-3)19-20(25)13-7-5-6-8-15(13)23-22(19)27/h5-10,14,26H,4,11H2,1-3H3,(H2,23,25,27)/t14-/m1/s1. The zero-order valence-electron chi connectivity index (χ0n) is 16.9. The van der Waals surface area contributed by atoms with Gasteiger partial charge < -0.3 is 29.4 Å². The first-order chi connectivity index (χ1) is 14.4. The second-order valence-corrected chi connectivity index (χ2v) is 6.60. The van der Waals surface area contributed by atoms with Crippen LogP contribution in [-0.2, 0) is 9.53 Å². The molecule has 1 aromatic heterocycles. The number of pyridine rings is 1. The van der Waals surface area contributed by atoms with E-state index in [0.29, 0.717) is 16.5 Å². The fourth-order valence-corrected chi connectivity index (χ4v) is 3.45. The number of ether oxygens (including phenoxy) is 3. The van der Waals surface area contributed by atoms with Gasteiger partial charge in [-0.1, -0.05) is 12.1 Å². The molecule has 0 aliphatic heterocycles. The predicted molar refractivity (Wildman–Crippen MR) is 111 cm³/mol. The third-order valence-electron chi connectivity index (χ3n) is 4.86. The number of para-hydroxylation sites is 1. The van der Waals surface area contributed by atoms with Crippen molar-refractivity contribution in [2.24, 2.45) is 0 Å². The van der Waals surface area contributed by atoms with Crippen LogP contribution in [0.1, 0.15) is 30.4 Å². The maximum Gasteiger partial charge on any atom is 0.306 e. The van der Waals surface area contributed by atoms with Gasteiger partial charge in [0.25, 0.3) is 5.56 Å². The van der Waals surface area contributed by atoms with Crippen molar-refractivity contribution in [1.82, 2.24) is 4.98 Å². The molecule has 0 saturated heterocycles. The normalized spacial score (nSPS) is 11.8. The lowest BCUT2D eigenvalue weighted by Gasteiger charge is -2.20. The average Bonchev–Trinajstić information content (AvgIpc) is 2.73. The first-order valence-corrected chi connectivity index (χ1v) is 9.35. The Kier molecular flexibility index (Phi) is 6.15. The Balaban J connectivity index is 2.27. The van der Waals surface area contributed by atoms with Gasteiger partial charge in [-0.2, -0.15) is 0 Å². The van der Waals surface area contributed by atoms with Crippen molar-refractivity contribution in [3.63, 3.8) is 0 Å². The number of aromatic amines is 1. The minimum absolute atomic E-state index is 0.0107. The van der Waals surface area contributed by atoms with Crippen LogP contribution in [0.25, 0.3) is 10.9 Å². The summed E-state index contributed by atoms with van der Waals surface area (Å²) in [5, 5.41) is 21.6. The Labute approximate surface area is 172 Å². The van der Waals surface area contributed by atoms with Crippen molar-refractivity contribution in [2.45, 2.75) is 19.3 Å². The van der Waals surface area contributed by atoms with E-state index in [1.807, 2.05) is 0 Å². The zero-order chi connectivity index (χ0) is 21.8. The first kappa shape index (κ1) is 21.0. The molecular weight excluding hydrogens is 390 g/mol. The summed E-state index contributed by atoms with van der Waals surface area (Å²) >= 11 is 0. The number of nitrogens with one attached hydrogen (secondary N) is 1. The maximum absolute atomic E-state index is 12.9. The van der Waals surface area contributed by atoms with Gasteiger partial charge in [-0.15, -0.1) is 0 Å². The van der Waals surface area contributed by atoms with Crippen molar-refractivity contribution in [3.05, 3.63) is 57.9 Å². The number of phenols is 1. The van der Waals surface area contributed by atoms with Crippen LogP contribution in [-0.4, -0.2) is 42.0 Å². The Morgan fingerprint density at radius 2 is 1.70 bits per heavy atom. The Morgan fingerprint density at radius 3 is 2.30 bits per heavy atom. The molecule has 3 aromatic rings. The molecule has 1 atom stereocenters. The SMILES string of the molecule is CCOC(=O)C[C@H](c1cc(OC)c(O)c(OC)c1)c1c(O)c2ccccc2[nH]c1=O. The number of aromatic nitrogens is 1. The van der Waals surface area contributed by atoms with Crippen LogP contribution in [0.2, 0.25) is 0 Å². The molecule has 3 rings (SSSR count). The Hall–Kier alpha value is -3.68. The lowest BCUT2D eigenvalue weighted by atomic mass is 9.87. The second kappa shape index (κ2) is 8.77. The molecule has 0 fully saturated rings. The van der Waals surface area contributed by atoms with Crippen LogP contribution >= 0.6 is 0 Å². The number of phenolic OH excluding ortho intramolecular Hbond substituents is 1. The molecule has 30 heavy (non-hydrogen) atoms. The second-order valence-electron chi connectivity index (χ2n) is 6.60. The summed E-state index contributed by atoms with van der Waals surface area (Å²) in [7, 11) is 2.75. The van der Waals surface area contributed by atoms with E-state index in [9.17, 15) is 19.8 Å². The lowest BCUT2D eigenvalue weighted by molar-refractivity contribution is -0.143. The van der Waals surface area contributed by atoms with Crippen LogP contribution in [0.5, 0.6) is 23.0 Å². The number of rotatable bonds is 7. The number of carbonyl (C=O) groups excluding carboxylic acids is 1. The molecule has 0 amide bonds. The van der Waals surface area contributed by atoms with E-state index in [2.05, 4.69) is 4.98 Å². The highest BCUT2D eigenvalue weighted by Gasteiger charge is 2.28. The highest BCUT2D eigenvalue weighted by atomic mass is 16.5. The van der Waals surface area contributed by atoms with E-state index < -0.39 is 17.4 Å². The van der Waals surface area contributed by atoms with Crippen LogP contribution in [0.4, 0.5) is 0 Å². The maximum atomic E-state index is 12.9. The molecule has 158 valence electrons. The van der Waals surface area contributed by atoms with Crippen molar-refractivity contribution in [2.75, 3.05) is 20.8 Å². The quantitative estimate of drug-likeness (QED) is 0.510. The Bertz CT molecular complexity index is 1110. The summed E-state index contributed by atoms with van der Waals surface area (Å²) in [6, 6.07) is 9.81. The van der Waals surface area contributed by atoms with Gasteiger partial charge >= 0.3 is 5.97 Å². The smallest absolute Gasteiger partial charge is 0.306 e. The van der Waals surface area contributed by atoms with Gasteiger partial charge in [0.1, 0.15) is 5.75 Å². The molecule has 8 nitrogen and oxygen atoms in total. The lowest BCUT2D eigenvalue weighted by Crippen LogP contribution is -2.21. The summed E-state index contributed by atoms with van der Waals surface area (Å²) in [5.41, 5.74) is 0.383. The number of hydrogen-bond donors (Lipinski definition) is 3. The van der Waals surface area contributed by atoms with Gasteiger partial charge in [-0.3, -0.25) is 9.59 Å². The van der Waals surface area contributed by atoms with E-state index >= 15 is 0 Å². The molecular formula is C22H23NO7. The van der Waals surface area contributed by atoms with Crippen molar-refractivity contribution >= 4 is 16.9 Å². The summed E-state index contributed by atoms with van der Waals surface area (Å²) in [6.07, 6.45) is -0.208. The molecule has 0 bridgehead atoms. The largest absolute Gasteiger partial charge is 0.507 e. The van der Waals surface area contributed by atoms with E-state index in [-0.39, 0.29) is 41.6 Å². The molecule has 1 heterocycles. The molecule has 2 aromatic carbocycles. The fourth-order valence-electron chi connectivity index (χ4n) is 3.45. The van der Waals surface area contributed by atoms with Crippen molar-refractivity contribution in [3.8, 4) is 23.0 Å². The van der Waals surface area contributed by atoms with Crippen molar-refractivity contribution in [1.29, 1.82) is 0 Å². The molecule has 8 heteroatoms. The number of methoxy groups -OCH3 is 2. The molecule has 0 unspecified atom stereocenters. The topological polar surface area (TPSA) is 118 Å². The van der Waals surface area contributed by atoms with Gasteiger partial charge in [0.15, 0.2) is 11.5 Å². The van der Waals surface area contributed by atoms with Gasteiger partial charge in [0.2, 0.25) is 5.75 Å². The number of H-pyrrole nitrogens is 1. The summed E-state index contributed by atoms with van der Waals surface area (Å²) in [6.45, 7) is 1.85. The number of benzene rings is 2. The van der Waals surface area contributed by atoms with Crippen LogP contribution in [0, 0.1) is 0 Å². The molecule has 0 spiro atoms. The molecule has 3 N–H and O–H groups in total. The zero-order valence-corrected chi connectivity index (χ0v) is 16.9. The number of aromatic hydroxyl groups is 2. The highest BCUT2D eigenvalue weighted by molar-refractivity contribution is 5.86. The third kappa shape index (κ3) is 3.89. The Morgan fingerprint density at radius 1 is 1.07 bits per heavy atom. The van der Waals surface area contributed by atoms with E-state index in [1.165, 1.54) is 26.4 Å². The first-order valence-electron chi connectivity index (χ1n) is 9.35. The molecule has 0 saturated carbocycles. The summed E-state index contributed by atoms with van der Waals surface area (Å²) in [5.74, 6) is -1.64. The van der Waals surface area contributed by atoms with E-state index in [0.717, 1.165) is 0 Å². The van der Waals surface area contributed by atoms with Crippen molar-refractivity contribution < 1.29 is 29.2 Å². The molecule has 0 aliphatic carbocycles. The van der Waals surface area contributed by atoms with Gasteiger partial charge in [0, 0.05) is 11.3 Å². The number of fused-ring (bicyclic) bond motifs is 1. The van der Waals surface area contributed by atoms with E-state index in [1.54, 1.807) is 31.2 Å². The summed E-state index contributed by atoms with van der Waals surface area (Å²) in [4.78, 5) is 28.0.